The van der Waals surface area contributed by atoms with Crippen LogP contribution in [0.25, 0.3) is 0 Å². The molecule has 0 aliphatic heterocycles. The fourth-order valence-corrected chi connectivity index (χ4v) is 2.52. The number of aliphatic hydroxyl groups excluding tert-OH is 2. The third-order valence-corrected chi connectivity index (χ3v) is 3.71. The number of rotatable bonds is 2. The predicted molar refractivity (Wildman–Crippen MR) is 68.9 cm³/mol. The highest BCUT2D eigenvalue weighted by molar-refractivity contribution is 5.44. The maximum absolute atomic E-state index is 9.77. The molecule has 0 aromatic heterocycles. The molecule has 0 spiro atoms. The number of nitrogens with one attached hydrogen (secondary N) is 1. The largest absolute Gasteiger partial charge is 0.390 e. The molecule has 3 N–H and O–H groups in total. The summed E-state index contributed by atoms with van der Waals surface area (Å²) in [7, 11) is 0. The summed E-state index contributed by atoms with van der Waals surface area (Å²) in [5, 5.41) is 22.9. The molecular weight excluding hydrogens is 214 g/mol. The molecule has 0 amide bonds. The van der Waals surface area contributed by atoms with Crippen molar-refractivity contribution in [3.63, 3.8) is 0 Å². The van der Waals surface area contributed by atoms with E-state index >= 15 is 0 Å². The molecule has 1 fully saturated rings. The van der Waals surface area contributed by atoms with Crippen molar-refractivity contribution in [3.8, 4) is 0 Å². The van der Waals surface area contributed by atoms with Crippen LogP contribution in [0.15, 0.2) is 30.3 Å². The van der Waals surface area contributed by atoms with Crippen LogP contribution >= 0.6 is 0 Å². The summed E-state index contributed by atoms with van der Waals surface area (Å²) in [6.07, 6.45) is -0.00934. The van der Waals surface area contributed by atoms with E-state index in [9.17, 15) is 10.2 Å². The number of benzene rings is 1. The molecule has 1 aliphatic carbocycles. The molecule has 1 saturated carbocycles. The lowest BCUT2D eigenvalue weighted by molar-refractivity contribution is -0.0500. The Hall–Kier alpha value is -1.06. The summed E-state index contributed by atoms with van der Waals surface area (Å²) in [5.74, 6) is 0. The van der Waals surface area contributed by atoms with Crippen LogP contribution < -0.4 is 5.32 Å². The predicted octanol–water partition coefficient (Wildman–Crippen LogP) is 2.01. The van der Waals surface area contributed by atoms with Gasteiger partial charge in [0.15, 0.2) is 0 Å². The molecule has 0 radical (unpaired) electrons. The van der Waals surface area contributed by atoms with Gasteiger partial charge in [-0.15, -0.1) is 0 Å². The summed E-state index contributed by atoms with van der Waals surface area (Å²) < 4.78 is 0. The van der Waals surface area contributed by atoms with Crippen LogP contribution in [0.3, 0.4) is 0 Å². The van der Waals surface area contributed by atoms with Crippen LogP contribution in [0.5, 0.6) is 0 Å². The van der Waals surface area contributed by atoms with Crippen molar-refractivity contribution in [3.05, 3.63) is 30.3 Å². The van der Waals surface area contributed by atoms with Crippen LogP contribution in [0.1, 0.15) is 26.7 Å². The van der Waals surface area contributed by atoms with Crippen molar-refractivity contribution < 1.29 is 10.2 Å². The van der Waals surface area contributed by atoms with E-state index in [4.69, 9.17) is 0 Å². The summed E-state index contributed by atoms with van der Waals surface area (Å²) in [6, 6.07) is 10.2. The SMILES string of the molecule is CC1(C)C[C@@H](O)[C@H](O)C[C@H]1Nc1ccccc1. The lowest BCUT2D eigenvalue weighted by Gasteiger charge is -2.43. The van der Waals surface area contributed by atoms with E-state index < -0.39 is 12.2 Å². The highest BCUT2D eigenvalue weighted by atomic mass is 16.3. The summed E-state index contributed by atoms with van der Waals surface area (Å²) >= 11 is 0. The normalized spacial score (nSPS) is 32.1. The molecule has 0 heterocycles. The van der Waals surface area contributed by atoms with Gasteiger partial charge in [0, 0.05) is 11.7 Å². The van der Waals surface area contributed by atoms with Gasteiger partial charge >= 0.3 is 0 Å². The first-order chi connectivity index (χ1) is 7.99. The molecule has 1 aromatic rings. The van der Waals surface area contributed by atoms with Gasteiger partial charge in [0.2, 0.25) is 0 Å². The Morgan fingerprint density at radius 2 is 1.76 bits per heavy atom. The average molecular weight is 235 g/mol. The van der Waals surface area contributed by atoms with Gasteiger partial charge in [-0.25, -0.2) is 0 Å². The molecule has 1 aromatic carbocycles. The number of aliphatic hydroxyl groups is 2. The van der Waals surface area contributed by atoms with Gasteiger partial charge in [0.1, 0.15) is 0 Å². The minimum absolute atomic E-state index is 0.0194. The van der Waals surface area contributed by atoms with Crippen molar-refractivity contribution in [1.29, 1.82) is 0 Å². The minimum Gasteiger partial charge on any atom is -0.390 e. The summed E-state index contributed by atoms with van der Waals surface area (Å²) in [6.45, 7) is 4.26. The quantitative estimate of drug-likeness (QED) is 0.735. The number of para-hydroxylation sites is 1. The second-order valence-corrected chi connectivity index (χ2v) is 5.63. The molecule has 17 heavy (non-hydrogen) atoms. The number of anilines is 1. The first-order valence-corrected chi connectivity index (χ1v) is 6.17. The number of hydrogen-bond donors (Lipinski definition) is 3. The van der Waals surface area contributed by atoms with Crippen molar-refractivity contribution in [1.82, 2.24) is 0 Å². The highest BCUT2D eigenvalue weighted by Crippen LogP contribution is 2.37. The maximum Gasteiger partial charge on any atom is 0.0819 e. The monoisotopic (exact) mass is 235 g/mol. The van der Waals surface area contributed by atoms with Crippen LogP contribution in [-0.2, 0) is 0 Å². The fourth-order valence-electron chi connectivity index (χ4n) is 2.52. The Morgan fingerprint density at radius 3 is 2.41 bits per heavy atom. The zero-order valence-electron chi connectivity index (χ0n) is 10.4. The zero-order chi connectivity index (χ0) is 12.5. The van der Waals surface area contributed by atoms with Crippen LogP contribution in [0, 0.1) is 5.41 Å². The van der Waals surface area contributed by atoms with E-state index in [2.05, 4.69) is 19.2 Å². The highest BCUT2D eigenvalue weighted by Gasteiger charge is 2.40. The Labute approximate surface area is 102 Å². The zero-order valence-corrected chi connectivity index (χ0v) is 10.4. The van der Waals surface area contributed by atoms with E-state index in [-0.39, 0.29) is 11.5 Å². The van der Waals surface area contributed by atoms with E-state index in [1.807, 2.05) is 30.3 Å². The first-order valence-electron chi connectivity index (χ1n) is 6.17. The van der Waals surface area contributed by atoms with Gasteiger partial charge in [0.05, 0.1) is 12.2 Å². The smallest absolute Gasteiger partial charge is 0.0819 e. The third-order valence-electron chi connectivity index (χ3n) is 3.71. The Morgan fingerprint density at radius 1 is 1.12 bits per heavy atom. The maximum atomic E-state index is 9.77. The molecule has 0 saturated heterocycles. The van der Waals surface area contributed by atoms with Gasteiger partial charge in [0.25, 0.3) is 0 Å². The van der Waals surface area contributed by atoms with Gasteiger partial charge < -0.3 is 15.5 Å². The van der Waals surface area contributed by atoms with Crippen molar-refractivity contribution in [2.75, 3.05) is 5.32 Å². The van der Waals surface area contributed by atoms with E-state index in [1.54, 1.807) is 0 Å². The Bertz CT molecular complexity index is 364. The second-order valence-electron chi connectivity index (χ2n) is 5.63. The molecule has 0 bridgehead atoms. The van der Waals surface area contributed by atoms with Gasteiger partial charge in [-0.05, 0) is 30.4 Å². The summed E-state index contributed by atoms with van der Waals surface area (Å²) in [4.78, 5) is 0. The minimum atomic E-state index is -0.621. The van der Waals surface area contributed by atoms with Gasteiger partial charge in [-0.3, -0.25) is 0 Å². The molecule has 0 unspecified atom stereocenters. The Kier molecular flexibility index (Phi) is 3.40. The molecule has 2 rings (SSSR count). The average Bonchev–Trinajstić information content (AvgIpc) is 2.27. The lowest BCUT2D eigenvalue weighted by Crippen LogP contribution is -2.49. The fraction of sp³-hybridized carbons (Fsp3) is 0.571. The van der Waals surface area contributed by atoms with Crippen molar-refractivity contribution in [2.24, 2.45) is 5.41 Å². The standard InChI is InChI=1S/C14H21NO2/c1-14(2)9-12(17)11(16)8-13(14)15-10-6-4-3-5-7-10/h3-7,11-13,15-17H,8-9H2,1-2H3/t11-,12-,13-/m1/s1. The van der Waals surface area contributed by atoms with E-state index in [1.165, 1.54) is 0 Å². The molecule has 1 aliphatic rings. The van der Waals surface area contributed by atoms with Crippen molar-refractivity contribution in [2.45, 2.75) is 44.9 Å². The van der Waals surface area contributed by atoms with Crippen LogP contribution in [0.2, 0.25) is 0 Å². The first kappa shape index (κ1) is 12.4. The van der Waals surface area contributed by atoms with Crippen LogP contribution in [0.4, 0.5) is 5.69 Å². The lowest BCUT2D eigenvalue weighted by atomic mass is 9.71. The molecule has 3 nitrogen and oxygen atoms in total. The topological polar surface area (TPSA) is 52.5 Å². The van der Waals surface area contributed by atoms with Gasteiger partial charge in [-0.1, -0.05) is 32.0 Å². The molecular formula is C14H21NO2. The number of hydrogen-bond acceptors (Lipinski definition) is 3. The molecule has 94 valence electrons. The van der Waals surface area contributed by atoms with Crippen molar-refractivity contribution >= 4 is 5.69 Å². The molecule has 3 heteroatoms. The van der Waals surface area contributed by atoms with E-state index in [0.717, 1.165) is 5.69 Å². The summed E-state index contributed by atoms with van der Waals surface area (Å²) in [5.41, 5.74) is 1.04. The van der Waals surface area contributed by atoms with E-state index in [0.29, 0.717) is 12.8 Å². The van der Waals surface area contributed by atoms with Gasteiger partial charge in [-0.2, -0.15) is 0 Å². The Balaban J connectivity index is 2.09. The third kappa shape index (κ3) is 2.79. The molecule has 3 atom stereocenters. The second kappa shape index (κ2) is 4.67. The van der Waals surface area contributed by atoms with Crippen LogP contribution in [-0.4, -0.2) is 28.5 Å².